The summed E-state index contributed by atoms with van der Waals surface area (Å²) in [6.07, 6.45) is 1.14. The van der Waals surface area contributed by atoms with Gasteiger partial charge in [-0.15, -0.1) is 24.0 Å². The number of hydrogen-bond donors (Lipinski definition) is 3. The van der Waals surface area contributed by atoms with Crippen molar-refractivity contribution >= 4 is 29.9 Å². The summed E-state index contributed by atoms with van der Waals surface area (Å²) >= 11 is 0. The number of aliphatic hydroxyl groups is 1. The van der Waals surface area contributed by atoms with Crippen LogP contribution in [0.1, 0.15) is 48.0 Å². The molecule has 0 radical (unpaired) electrons. The van der Waals surface area contributed by atoms with Crippen LogP contribution in [-0.4, -0.2) is 74.0 Å². The molecule has 1 aliphatic rings. The predicted molar refractivity (Wildman–Crippen MR) is 121 cm³/mol. The Morgan fingerprint density at radius 3 is 2.35 bits per heavy atom. The minimum absolute atomic E-state index is 0. The lowest BCUT2D eigenvalue weighted by molar-refractivity contribution is -0.0201. The van der Waals surface area contributed by atoms with E-state index in [4.69, 9.17) is 9.73 Å². The first kappa shape index (κ1) is 25.9. The van der Waals surface area contributed by atoms with Crippen molar-refractivity contribution in [2.45, 2.75) is 53.6 Å². The van der Waals surface area contributed by atoms with Crippen LogP contribution in [0.3, 0.4) is 0 Å². The molecule has 1 saturated heterocycles. The maximum absolute atomic E-state index is 10.7. The number of guanidine groups is 1. The monoisotopic (exact) mass is 484 g/mol. The maximum Gasteiger partial charge on any atom is 0.191 e. The molecule has 1 rings (SSSR count). The number of rotatable bonds is 9. The number of nitrogens with one attached hydrogen (secondary N) is 2. The van der Waals surface area contributed by atoms with E-state index in [1.165, 1.54) is 0 Å². The lowest BCUT2D eigenvalue weighted by atomic mass is 9.84. The molecule has 0 saturated carbocycles. The topological polar surface area (TPSA) is 69.1 Å². The first-order valence-corrected chi connectivity index (χ1v) is 9.68. The zero-order valence-corrected chi connectivity index (χ0v) is 19.9. The molecule has 0 spiro atoms. The van der Waals surface area contributed by atoms with Crippen molar-refractivity contribution in [3.8, 4) is 0 Å². The molecule has 6 nitrogen and oxygen atoms in total. The standard InChI is InChI=1S/C19H40N4O2.HI/c1-7-20-17(21-13-18(4,5)12-16(2)3)22-14-19(6,24)15-23-8-10-25-11-9-23;/h16,24H,7-15H2,1-6H3,(H2,20,21,22);1H. The van der Waals surface area contributed by atoms with Crippen molar-refractivity contribution in [3.63, 3.8) is 0 Å². The molecule has 1 atom stereocenters. The first-order valence-electron chi connectivity index (χ1n) is 9.68. The number of β-amino-alcohol motifs (C(OH)–C–C–N with tert-alkyl or cyclic N) is 1. The molecule has 1 aliphatic heterocycles. The van der Waals surface area contributed by atoms with Crippen molar-refractivity contribution < 1.29 is 9.84 Å². The molecule has 0 aromatic heterocycles. The quantitative estimate of drug-likeness (QED) is 0.266. The van der Waals surface area contributed by atoms with Gasteiger partial charge in [-0.25, -0.2) is 0 Å². The van der Waals surface area contributed by atoms with Crippen LogP contribution >= 0.6 is 24.0 Å². The Hall–Kier alpha value is -0.120. The minimum Gasteiger partial charge on any atom is -0.387 e. The van der Waals surface area contributed by atoms with Crippen LogP contribution in [0.25, 0.3) is 0 Å². The minimum atomic E-state index is -0.805. The molecule has 0 aliphatic carbocycles. The van der Waals surface area contributed by atoms with Crippen molar-refractivity contribution in [2.75, 3.05) is 52.5 Å². The Morgan fingerprint density at radius 1 is 1.19 bits per heavy atom. The summed E-state index contributed by atoms with van der Waals surface area (Å²) in [7, 11) is 0. The zero-order valence-electron chi connectivity index (χ0n) is 17.6. The average Bonchev–Trinajstić information content (AvgIpc) is 2.49. The fourth-order valence-corrected chi connectivity index (χ4v) is 3.38. The van der Waals surface area contributed by atoms with Crippen LogP contribution in [-0.2, 0) is 4.74 Å². The van der Waals surface area contributed by atoms with Crippen molar-refractivity contribution in [2.24, 2.45) is 16.3 Å². The molecule has 0 bridgehead atoms. The Bertz CT molecular complexity index is 408. The van der Waals surface area contributed by atoms with Crippen LogP contribution in [0.4, 0.5) is 0 Å². The highest BCUT2D eigenvalue weighted by Crippen LogP contribution is 2.25. The highest BCUT2D eigenvalue weighted by molar-refractivity contribution is 14.0. The van der Waals surface area contributed by atoms with Crippen LogP contribution in [0, 0.1) is 11.3 Å². The van der Waals surface area contributed by atoms with Crippen LogP contribution in [0.5, 0.6) is 0 Å². The second-order valence-electron chi connectivity index (χ2n) is 8.70. The van der Waals surface area contributed by atoms with E-state index >= 15 is 0 Å². The van der Waals surface area contributed by atoms with Crippen molar-refractivity contribution in [1.82, 2.24) is 15.5 Å². The van der Waals surface area contributed by atoms with E-state index in [-0.39, 0.29) is 29.4 Å². The van der Waals surface area contributed by atoms with E-state index in [1.807, 2.05) is 6.92 Å². The average molecular weight is 484 g/mol. The Morgan fingerprint density at radius 2 is 1.81 bits per heavy atom. The molecule has 156 valence electrons. The van der Waals surface area contributed by atoms with Gasteiger partial charge in [-0.05, 0) is 31.6 Å². The summed E-state index contributed by atoms with van der Waals surface area (Å²) < 4.78 is 5.37. The summed E-state index contributed by atoms with van der Waals surface area (Å²) in [6, 6.07) is 0. The van der Waals surface area contributed by atoms with Crippen LogP contribution in [0.2, 0.25) is 0 Å². The summed E-state index contributed by atoms with van der Waals surface area (Å²) in [5, 5.41) is 17.3. The zero-order chi connectivity index (χ0) is 18.9. The summed E-state index contributed by atoms with van der Waals surface area (Å²) in [4.78, 5) is 6.99. The molecular formula is C19H41IN4O2. The van der Waals surface area contributed by atoms with Gasteiger partial charge in [0.2, 0.25) is 0 Å². The van der Waals surface area contributed by atoms with Gasteiger partial charge in [0.05, 0.1) is 18.8 Å². The van der Waals surface area contributed by atoms with Gasteiger partial charge in [-0.2, -0.15) is 0 Å². The molecule has 0 aromatic carbocycles. The van der Waals surface area contributed by atoms with Crippen molar-refractivity contribution in [1.29, 1.82) is 0 Å². The number of aliphatic imine (C=N–C) groups is 1. The van der Waals surface area contributed by atoms with E-state index in [2.05, 4.69) is 50.2 Å². The third-order valence-electron chi connectivity index (χ3n) is 4.27. The molecule has 0 aromatic rings. The number of hydrogen-bond acceptors (Lipinski definition) is 4. The third-order valence-corrected chi connectivity index (χ3v) is 4.27. The van der Waals surface area contributed by atoms with Gasteiger partial charge in [0.15, 0.2) is 5.96 Å². The highest BCUT2D eigenvalue weighted by Gasteiger charge is 2.26. The van der Waals surface area contributed by atoms with E-state index in [0.29, 0.717) is 19.0 Å². The molecule has 1 fully saturated rings. The van der Waals surface area contributed by atoms with Gasteiger partial charge >= 0.3 is 0 Å². The molecular weight excluding hydrogens is 443 g/mol. The molecule has 3 N–H and O–H groups in total. The highest BCUT2D eigenvalue weighted by atomic mass is 127. The third kappa shape index (κ3) is 11.6. The Labute approximate surface area is 177 Å². The lowest BCUT2D eigenvalue weighted by Crippen LogP contribution is -2.53. The van der Waals surface area contributed by atoms with Gasteiger partial charge in [-0.3, -0.25) is 9.89 Å². The Balaban J connectivity index is 0.00000625. The van der Waals surface area contributed by atoms with Crippen LogP contribution < -0.4 is 10.6 Å². The summed E-state index contributed by atoms with van der Waals surface area (Å²) in [5.74, 6) is 1.44. The molecule has 7 heteroatoms. The second kappa shape index (κ2) is 12.4. The fraction of sp³-hybridized carbons (Fsp3) is 0.947. The SMILES string of the molecule is CCNC(=NCC(C)(C)CC(C)C)NCC(C)(O)CN1CCOCC1.I. The van der Waals surface area contributed by atoms with E-state index in [0.717, 1.165) is 51.8 Å². The smallest absolute Gasteiger partial charge is 0.191 e. The van der Waals surface area contributed by atoms with E-state index in [9.17, 15) is 5.11 Å². The molecule has 26 heavy (non-hydrogen) atoms. The fourth-order valence-electron chi connectivity index (χ4n) is 3.38. The van der Waals surface area contributed by atoms with Gasteiger partial charge in [-0.1, -0.05) is 27.7 Å². The molecule has 0 amide bonds. The number of nitrogens with zero attached hydrogens (tertiary/aromatic N) is 2. The van der Waals surface area contributed by atoms with Gasteiger partial charge in [0, 0.05) is 39.3 Å². The van der Waals surface area contributed by atoms with Gasteiger partial charge in [0.25, 0.3) is 0 Å². The van der Waals surface area contributed by atoms with E-state index in [1.54, 1.807) is 0 Å². The molecule has 1 heterocycles. The first-order chi connectivity index (χ1) is 11.6. The normalized spacial score (nSPS) is 19.0. The van der Waals surface area contributed by atoms with Crippen LogP contribution in [0.15, 0.2) is 4.99 Å². The number of morpholine rings is 1. The lowest BCUT2D eigenvalue weighted by Gasteiger charge is -2.34. The van der Waals surface area contributed by atoms with Crippen molar-refractivity contribution in [3.05, 3.63) is 0 Å². The summed E-state index contributed by atoms with van der Waals surface area (Å²) in [5.41, 5.74) is -0.631. The number of halogens is 1. The largest absolute Gasteiger partial charge is 0.387 e. The molecule has 1 unspecified atom stereocenters. The Kier molecular flexibility index (Phi) is 12.3. The van der Waals surface area contributed by atoms with E-state index < -0.39 is 5.60 Å². The van der Waals surface area contributed by atoms with Gasteiger partial charge < -0.3 is 20.5 Å². The maximum atomic E-state index is 10.7. The number of ether oxygens (including phenoxy) is 1. The predicted octanol–water partition coefficient (Wildman–Crippen LogP) is 2.31. The summed E-state index contributed by atoms with van der Waals surface area (Å²) in [6.45, 7) is 18.9. The second-order valence-corrected chi connectivity index (χ2v) is 8.70. The van der Waals surface area contributed by atoms with Gasteiger partial charge in [0.1, 0.15) is 0 Å².